The zero-order valence-corrected chi connectivity index (χ0v) is 15.7. The van der Waals surface area contributed by atoms with E-state index < -0.39 is 17.8 Å². The molecule has 1 amide bonds. The molecule has 0 saturated carbocycles. The normalized spacial score (nSPS) is 21.5. The molecule has 29 heavy (non-hydrogen) atoms. The molecule has 1 aromatic carbocycles. The molecular formula is C22H21F3N2O2. The first kappa shape index (κ1) is 19.5. The van der Waals surface area contributed by atoms with Gasteiger partial charge in [-0.2, -0.15) is 13.2 Å². The Kier molecular flexibility index (Phi) is 5.30. The van der Waals surface area contributed by atoms with Crippen molar-refractivity contribution in [3.63, 3.8) is 0 Å². The number of carbonyl (C=O) groups excluding carboxylic acids is 1. The van der Waals surface area contributed by atoms with Gasteiger partial charge >= 0.3 is 12.3 Å². The van der Waals surface area contributed by atoms with E-state index in [4.69, 9.17) is 4.74 Å². The molecule has 2 aliphatic rings. The van der Waals surface area contributed by atoms with Crippen LogP contribution in [0.25, 0.3) is 5.57 Å². The molecule has 1 aromatic heterocycles. The van der Waals surface area contributed by atoms with Crippen LogP contribution in [0.4, 0.5) is 18.0 Å². The van der Waals surface area contributed by atoms with Crippen LogP contribution in [0.5, 0.6) is 0 Å². The second-order valence-electron chi connectivity index (χ2n) is 7.39. The van der Waals surface area contributed by atoms with Crippen LogP contribution in [-0.4, -0.2) is 28.1 Å². The SMILES string of the molecule is O=C(OCc1ccccc1)N1C2C=C(c3ncccc3C(F)(F)F)CC1CCC2. The van der Waals surface area contributed by atoms with Gasteiger partial charge in [0.15, 0.2) is 0 Å². The zero-order valence-electron chi connectivity index (χ0n) is 15.7. The number of benzene rings is 1. The smallest absolute Gasteiger partial charge is 0.418 e. The Morgan fingerprint density at radius 2 is 1.93 bits per heavy atom. The summed E-state index contributed by atoms with van der Waals surface area (Å²) in [6, 6.07) is 11.3. The van der Waals surface area contributed by atoms with Crippen molar-refractivity contribution < 1.29 is 22.7 Å². The molecule has 0 radical (unpaired) electrons. The third-order valence-electron chi connectivity index (χ3n) is 5.47. The summed E-state index contributed by atoms with van der Waals surface area (Å²) in [5.41, 5.74) is 0.681. The molecular weight excluding hydrogens is 381 g/mol. The largest absolute Gasteiger partial charge is 0.445 e. The van der Waals surface area contributed by atoms with Crippen molar-refractivity contribution in [2.75, 3.05) is 0 Å². The summed E-state index contributed by atoms with van der Waals surface area (Å²) < 4.78 is 45.7. The maximum atomic E-state index is 13.4. The van der Waals surface area contributed by atoms with E-state index in [1.54, 1.807) is 11.0 Å². The molecule has 2 bridgehead atoms. The molecule has 2 unspecified atom stereocenters. The molecule has 3 heterocycles. The Labute approximate surface area is 167 Å². The Morgan fingerprint density at radius 3 is 2.66 bits per heavy atom. The van der Waals surface area contributed by atoms with E-state index in [2.05, 4.69) is 4.98 Å². The summed E-state index contributed by atoms with van der Waals surface area (Å²) in [7, 11) is 0. The third-order valence-corrected chi connectivity index (χ3v) is 5.47. The van der Waals surface area contributed by atoms with Gasteiger partial charge in [0.1, 0.15) is 6.61 Å². The second-order valence-corrected chi connectivity index (χ2v) is 7.39. The van der Waals surface area contributed by atoms with Crippen molar-refractivity contribution in [1.82, 2.24) is 9.88 Å². The number of pyridine rings is 1. The van der Waals surface area contributed by atoms with Gasteiger partial charge < -0.3 is 4.74 Å². The van der Waals surface area contributed by atoms with Crippen molar-refractivity contribution in [1.29, 1.82) is 0 Å². The number of amides is 1. The van der Waals surface area contributed by atoms with E-state index >= 15 is 0 Å². The van der Waals surface area contributed by atoms with E-state index in [1.165, 1.54) is 12.3 Å². The minimum atomic E-state index is -4.47. The van der Waals surface area contributed by atoms with Gasteiger partial charge in [-0.3, -0.25) is 9.88 Å². The van der Waals surface area contributed by atoms with Crippen LogP contribution in [0, 0.1) is 0 Å². The molecule has 2 aliphatic heterocycles. The van der Waals surface area contributed by atoms with Gasteiger partial charge in [0.25, 0.3) is 0 Å². The lowest BCUT2D eigenvalue weighted by Gasteiger charge is -2.44. The highest BCUT2D eigenvalue weighted by Gasteiger charge is 2.41. The van der Waals surface area contributed by atoms with Gasteiger partial charge in [-0.05, 0) is 49.0 Å². The van der Waals surface area contributed by atoms with Crippen molar-refractivity contribution in [3.05, 3.63) is 71.6 Å². The molecule has 0 spiro atoms. The van der Waals surface area contributed by atoms with Crippen molar-refractivity contribution >= 4 is 11.7 Å². The summed E-state index contributed by atoms with van der Waals surface area (Å²) in [5, 5.41) is 0. The van der Waals surface area contributed by atoms with E-state index in [1.807, 2.05) is 30.3 Å². The molecule has 0 aliphatic carbocycles. The summed E-state index contributed by atoms with van der Waals surface area (Å²) in [6.07, 6.45) is 0.963. The summed E-state index contributed by atoms with van der Waals surface area (Å²) in [5.74, 6) is 0. The lowest BCUT2D eigenvalue weighted by Crippen LogP contribution is -2.51. The molecule has 152 valence electrons. The lowest BCUT2D eigenvalue weighted by atomic mass is 9.83. The van der Waals surface area contributed by atoms with E-state index in [0.29, 0.717) is 18.4 Å². The average Bonchev–Trinajstić information content (AvgIpc) is 2.71. The fourth-order valence-electron chi connectivity index (χ4n) is 4.17. The third kappa shape index (κ3) is 4.13. The molecule has 1 saturated heterocycles. The summed E-state index contributed by atoms with van der Waals surface area (Å²) >= 11 is 0. The predicted octanol–water partition coefficient (Wildman–Crippen LogP) is 5.45. The van der Waals surface area contributed by atoms with Crippen LogP contribution >= 0.6 is 0 Å². The highest BCUT2D eigenvalue weighted by molar-refractivity contribution is 5.74. The van der Waals surface area contributed by atoms with Gasteiger partial charge in [-0.15, -0.1) is 0 Å². The van der Waals surface area contributed by atoms with Crippen LogP contribution in [0.2, 0.25) is 0 Å². The van der Waals surface area contributed by atoms with Gasteiger partial charge in [0.05, 0.1) is 17.3 Å². The Hall–Kier alpha value is -2.83. The highest BCUT2D eigenvalue weighted by Crippen LogP contribution is 2.41. The summed E-state index contributed by atoms with van der Waals surface area (Å²) in [4.78, 5) is 18.4. The first-order chi connectivity index (χ1) is 13.9. The van der Waals surface area contributed by atoms with Crippen LogP contribution in [0.1, 0.15) is 42.5 Å². The number of nitrogens with zero attached hydrogens (tertiary/aromatic N) is 2. The monoisotopic (exact) mass is 402 g/mol. The quantitative estimate of drug-likeness (QED) is 0.686. The number of hydrogen-bond acceptors (Lipinski definition) is 3. The number of halogens is 3. The number of aromatic nitrogens is 1. The van der Waals surface area contributed by atoms with Crippen LogP contribution in [0.15, 0.2) is 54.7 Å². The van der Waals surface area contributed by atoms with Crippen LogP contribution in [-0.2, 0) is 17.5 Å². The maximum absolute atomic E-state index is 13.4. The molecule has 1 fully saturated rings. The Morgan fingerprint density at radius 1 is 1.14 bits per heavy atom. The summed E-state index contributed by atoms with van der Waals surface area (Å²) in [6.45, 7) is 0.171. The number of hydrogen-bond donors (Lipinski definition) is 0. The number of fused-ring (bicyclic) bond motifs is 2. The topological polar surface area (TPSA) is 42.4 Å². The molecule has 4 nitrogen and oxygen atoms in total. The zero-order chi connectivity index (χ0) is 20.4. The standard InChI is InChI=1S/C22H21F3N2O2/c23-22(24,25)19-10-5-11-26-20(19)16-12-17-8-4-9-18(13-16)27(17)21(28)29-14-15-6-2-1-3-7-15/h1-3,5-7,10-12,17-18H,4,8-9,13-14H2. The first-order valence-electron chi connectivity index (χ1n) is 9.66. The molecule has 2 aromatic rings. The van der Waals surface area contributed by atoms with E-state index in [0.717, 1.165) is 24.5 Å². The Bertz CT molecular complexity index is 912. The first-order valence-corrected chi connectivity index (χ1v) is 9.66. The molecule has 7 heteroatoms. The van der Waals surface area contributed by atoms with Crippen molar-refractivity contribution in [2.45, 2.75) is 50.6 Å². The molecule has 0 N–H and O–H groups in total. The number of piperidine rings is 1. The number of ether oxygens (including phenoxy) is 1. The minimum absolute atomic E-state index is 0.0331. The van der Waals surface area contributed by atoms with Gasteiger partial charge in [-0.25, -0.2) is 4.79 Å². The minimum Gasteiger partial charge on any atom is -0.445 e. The lowest BCUT2D eigenvalue weighted by molar-refractivity contribution is -0.138. The van der Waals surface area contributed by atoms with Gasteiger partial charge in [0.2, 0.25) is 0 Å². The second kappa shape index (κ2) is 7.89. The number of alkyl halides is 3. The van der Waals surface area contributed by atoms with Gasteiger partial charge in [-0.1, -0.05) is 36.4 Å². The van der Waals surface area contributed by atoms with E-state index in [-0.39, 0.29) is 24.4 Å². The fourth-order valence-corrected chi connectivity index (χ4v) is 4.17. The Balaban J connectivity index is 1.56. The fraction of sp³-hybridized carbons (Fsp3) is 0.364. The molecule has 4 rings (SSSR count). The van der Waals surface area contributed by atoms with Crippen LogP contribution in [0.3, 0.4) is 0 Å². The molecule has 2 atom stereocenters. The van der Waals surface area contributed by atoms with Crippen LogP contribution < -0.4 is 0 Å². The van der Waals surface area contributed by atoms with Gasteiger partial charge in [0, 0.05) is 12.2 Å². The van der Waals surface area contributed by atoms with E-state index in [9.17, 15) is 18.0 Å². The van der Waals surface area contributed by atoms with Crippen molar-refractivity contribution in [3.8, 4) is 0 Å². The number of rotatable bonds is 3. The van der Waals surface area contributed by atoms with Crippen molar-refractivity contribution in [2.24, 2.45) is 0 Å². The predicted molar refractivity (Wildman–Crippen MR) is 102 cm³/mol. The average molecular weight is 402 g/mol. The highest BCUT2D eigenvalue weighted by atomic mass is 19.4. The number of carbonyl (C=O) groups is 1. The maximum Gasteiger partial charge on any atom is 0.418 e.